The van der Waals surface area contributed by atoms with Gasteiger partial charge in [0.2, 0.25) is 5.95 Å². The van der Waals surface area contributed by atoms with Gasteiger partial charge in [-0.2, -0.15) is 5.26 Å². The lowest BCUT2D eigenvalue weighted by Crippen LogP contribution is -2.22. The molecule has 33 heavy (non-hydrogen) atoms. The number of hydrogen-bond donors (Lipinski definition) is 3. The highest BCUT2D eigenvalue weighted by Gasteiger charge is 2.27. The summed E-state index contributed by atoms with van der Waals surface area (Å²) in [7, 11) is 0. The number of nitrogens with zero attached hydrogens (tertiary/aromatic N) is 4. The molecular formula is C26H25N7. The SMILES string of the molecule is CCN1C(=C(C#N)c2nc(NCCc3c[nH]c4ccccc34)ncc2C)Nc2ccccc21. The number of H-pyrrole nitrogens is 1. The molecule has 7 heteroatoms. The summed E-state index contributed by atoms with van der Waals surface area (Å²) in [4.78, 5) is 14.6. The van der Waals surface area contributed by atoms with Gasteiger partial charge < -0.3 is 20.5 Å². The lowest BCUT2D eigenvalue weighted by atomic mass is 10.1. The predicted molar refractivity (Wildman–Crippen MR) is 133 cm³/mol. The molecule has 7 nitrogen and oxygen atoms in total. The van der Waals surface area contributed by atoms with Crippen molar-refractivity contribution in [3.05, 3.63) is 83.6 Å². The van der Waals surface area contributed by atoms with E-state index in [1.165, 1.54) is 10.9 Å². The number of nitriles is 1. The lowest BCUT2D eigenvalue weighted by Gasteiger charge is -2.19. The monoisotopic (exact) mass is 435 g/mol. The quantitative estimate of drug-likeness (QED) is 0.366. The normalized spacial score (nSPS) is 14.0. The summed E-state index contributed by atoms with van der Waals surface area (Å²) in [6.07, 6.45) is 4.66. The number of aryl methyl sites for hydroxylation is 1. The average Bonchev–Trinajstić information content (AvgIpc) is 3.42. The first-order chi connectivity index (χ1) is 16.2. The summed E-state index contributed by atoms with van der Waals surface area (Å²) in [5.74, 6) is 1.27. The van der Waals surface area contributed by atoms with E-state index in [2.05, 4.69) is 62.9 Å². The molecule has 2 aromatic carbocycles. The van der Waals surface area contributed by atoms with Gasteiger partial charge in [0.25, 0.3) is 0 Å². The zero-order chi connectivity index (χ0) is 22.8. The molecule has 164 valence electrons. The van der Waals surface area contributed by atoms with Crippen molar-refractivity contribution in [3.8, 4) is 6.07 Å². The Labute approximate surface area is 192 Å². The molecule has 1 aliphatic heterocycles. The minimum absolute atomic E-state index is 0.507. The van der Waals surface area contributed by atoms with Gasteiger partial charge in [-0.15, -0.1) is 0 Å². The Morgan fingerprint density at radius 1 is 1.15 bits per heavy atom. The van der Waals surface area contributed by atoms with Gasteiger partial charge in [-0.05, 0) is 49.6 Å². The summed E-state index contributed by atoms with van der Waals surface area (Å²) < 4.78 is 0. The van der Waals surface area contributed by atoms with E-state index in [0.717, 1.165) is 41.2 Å². The van der Waals surface area contributed by atoms with Crippen LogP contribution in [0.15, 0.2) is 66.7 Å². The van der Waals surface area contributed by atoms with Crippen molar-refractivity contribution in [2.24, 2.45) is 0 Å². The highest BCUT2D eigenvalue weighted by Crippen LogP contribution is 2.38. The molecule has 0 spiro atoms. The Hall–Kier alpha value is -4.31. The Balaban J connectivity index is 1.40. The second-order valence-electron chi connectivity index (χ2n) is 7.98. The first-order valence-corrected chi connectivity index (χ1v) is 11.1. The third-order valence-corrected chi connectivity index (χ3v) is 5.94. The van der Waals surface area contributed by atoms with E-state index < -0.39 is 0 Å². The average molecular weight is 436 g/mol. The maximum atomic E-state index is 10.1. The van der Waals surface area contributed by atoms with Crippen LogP contribution in [0.5, 0.6) is 0 Å². The lowest BCUT2D eigenvalue weighted by molar-refractivity contribution is 0.973. The Bertz CT molecular complexity index is 1390. The number of hydrogen-bond acceptors (Lipinski definition) is 6. The van der Waals surface area contributed by atoms with Crippen LogP contribution in [0.25, 0.3) is 16.5 Å². The van der Waals surface area contributed by atoms with Crippen LogP contribution in [-0.2, 0) is 6.42 Å². The van der Waals surface area contributed by atoms with Gasteiger partial charge in [0.15, 0.2) is 0 Å². The van der Waals surface area contributed by atoms with Crippen LogP contribution in [0, 0.1) is 18.3 Å². The number of allylic oxidation sites excluding steroid dienone is 1. The number of rotatable bonds is 6. The summed E-state index contributed by atoms with van der Waals surface area (Å²) in [5.41, 5.74) is 6.44. The molecule has 2 aromatic heterocycles. The Morgan fingerprint density at radius 2 is 1.97 bits per heavy atom. The number of anilines is 3. The van der Waals surface area contributed by atoms with Crippen LogP contribution in [0.4, 0.5) is 17.3 Å². The number of para-hydroxylation sites is 3. The van der Waals surface area contributed by atoms with Crippen LogP contribution in [0.1, 0.15) is 23.7 Å². The summed E-state index contributed by atoms with van der Waals surface area (Å²) in [5, 5.41) is 18.1. The van der Waals surface area contributed by atoms with Crippen LogP contribution >= 0.6 is 0 Å². The minimum Gasteiger partial charge on any atom is -0.361 e. The van der Waals surface area contributed by atoms with Crippen molar-refractivity contribution in [2.45, 2.75) is 20.3 Å². The van der Waals surface area contributed by atoms with E-state index in [0.29, 0.717) is 23.8 Å². The molecule has 3 N–H and O–H groups in total. The van der Waals surface area contributed by atoms with Crippen molar-refractivity contribution < 1.29 is 0 Å². The molecule has 0 aliphatic carbocycles. The number of aromatic amines is 1. The van der Waals surface area contributed by atoms with Gasteiger partial charge in [0.05, 0.1) is 17.1 Å². The molecule has 0 radical (unpaired) electrons. The van der Waals surface area contributed by atoms with Crippen LogP contribution in [0.3, 0.4) is 0 Å². The van der Waals surface area contributed by atoms with Crippen molar-refractivity contribution in [3.63, 3.8) is 0 Å². The molecule has 0 amide bonds. The molecule has 0 unspecified atom stereocenters. The molecule has 0 bridgehead atoms. The standard InChI is InChI=1S/C26H25N7/c1-3-33-23-11-7-6-10-22(23)31-25(33)20(14-27)24-17(2)15-30-26(32-24)28-13-12-18-16-29-21-9-5-4-8-19(18)21/h4-11,15-16,29,31H,3,12-13H2,1-2H3,(H,28,30,32). The minimum atomic E-state index is 0.507. The second-order valence-corrected chi connectivity index (χ2v) is 7.98. The first-order valence-electron chi connectivity index (χ1n) is 11.1. The number of aromatic nitrogens is 3. The van der Waals surface area contributed by atoms with E-state index in [-0.39, 0.29) is 0 Å². The third-order valence-electron chi connectivity index (χ3n) is 5.94. The summed E-state index contributed by atoms with van der Waals surface area (Å²) >= 11 is 0. The Morgan fingerprint density at radius 3 is 2.82 bits per heavy atom. The smallest absolute Gasteiger partial charge is 0.223 e. The van der Waals surface area contributed by atoms with Gasteiger partial charge >= 0.3 is 0 Å². The van der Waals surface area contributed by atoms with Gasteiger partial charge in [-0.3, -0.25) is 0 Å². The Kier molecular flexibility index (Phi) is 5.41. The number of nitrogens with one attached hydrogen (secondary N) is 3. The highest BCUT2D eigenvalue weighted by atomic mass is 15.3. The van der Waals surface area contributed by atoms with E-state index in [1.54, 1.807) is 6.20 Å². The molecule has 5 rings (SSSR count). The van der Waals surface area contributed by atoms with Crippen molar-refractivity contribution in [2.75, 3.05) is 28.6 Å². The summed E-state index contributed by atoms with van der Waals surface area (Å²) in [6, 6.07) is 18.7. The predicted octanol–water partition coefficient (Wildman–Crippen LogP) is 5.07. The number of benzene rings is 2. The maximum absolute atomic E-state index is 10.1. The fourth-order valence-electron chi connectivity index (χ4n) is 4.30. The van der Waals surface area contributed by atoms with Crippen molar-refractivity contribution >= 4 is 33.8 Å². The van der Waals surface area contributed by atoms with Crippen LogP contribution < -0.4 is 15.5 Å². The molecule has 0 atom stereocenters. The van der Waals surface area contributed by atoms with E-state index in [4.69, 9.17) is 4.98 Å². The number of fused-ring (bicyclic) bond motifs is 2. The van der Waals surface area contributed by atoms with Gasteiger partial charge in [-0.25, -0.2) is 9.97 Å². The molecule has 0 fully saturated rings. The van der Waals surface area contributed by atoms with E-state index in [1.807, 2.05) is 37.3 Å². The zero-order valence-corrected chi connectivity index (χ0v) is 18.7. The van der Waals surface area contributed by atoms with Gasteiger partial charge in [-0.1, -0.05) is 30.3 Å². The zero-order valence-electron chi connectivity index (χ0n) is 18.7. The second kappa shape index (κ2) is 8.67. The van der Waals surface area contributed by atoms with Gasteiger partial charge in [0.1, 0.15) is 17.5 Å². The molecule has 3 heterocycles. The fourth-order valence-corrected chi connectivity index (χ4v) is 4.30. The molecule has 1 aliphatic rings. The van der Waals surface area contributed by atoms with Crippen molar-refractivity contribution in [1.29, 1.82) is 5.26 Å². The molecule has 4 aromatic rings. The van der Waals surface area contributed by atoms with Gasteiger partial charge in [0, 0.05) is 36.4 Å². The molecule has 0 saturated carbocycles. The maximum Gasteiger partial charge on any atom is 0.223 e. The van der Waals surface area contributed by atoms with E-state index >= 15 is 0 Å². The van der Waals surface area contributed by atoms with Crippen LogP contribution in [-0.4, -0.2) is 28.0 Å². The molecular weight excluding hydrogens is 410 g/mol. The fraction of sp³-hybridized carbons (Fsp3) is 0.192. The highest BCUT2D eigenvalue weighted by molar-refractivity contribution is 5.91. The third kappa shape index (κ3) is 3.76. The van der Waals surface area contributed by atoms with Crippen molar-refractivity contribution in [1.82, 2.24) is 15.0 Å². The molecule has 0 saturated heterocycles. The topological polar surface area (TPSA) is 92.7 Å². The largest absolute Gasteiger partial charge is 0.361 e. The van der Waals surface area contributed by atoms with E-state index in [9.17, 15) is 5.26 Å². The first kappa shape index (κ1) is 20.6. The summed E-state index contributed by atoms with van der Waals surface area (Å²) in [6.45, 7) is 5.43. The van der Waals surface area contributed by atoms with Crippen LogP contribution in [0.2, 0.25) is 0 Å².